The number of amides is 1. The van der Waals surface area contributed by atoms with Crippen LogP contribution in [0.25, 0.3) is 0 Å². The van der Waals surface area contributed by atoms with Crippen molar-refractivity contribution >= 4 is 18.4 Å². The summed E-state index contributed by atoms with van der Waals surface area (Å²) in [6.07, 6.45) is 7.15. The molecule has 0 spiro atoms. The normalized spacial score (nSPS) is 21.9. The third kappa shape index (κ3) is 4.74. The van der Waals surface area contributed by atoms with Crippen LogP contribution in [0.5, 0.6) is 5.75 Å². The van der Waals surface area contributed by atoms with Crippen LogP contribution in [-0.4, -0.2) is 60.2 Å². The van der Waals surface area contributed by atoms with Crippen LogP contribution < -0.4 is 4.74 Å². The summed E-state index contributed by atoms with van der Waals surface area (Å²) in [5.41, 5.74) is 5.30. The standard InChI is InChI=1S/C28H41N3O2.ClH/c1-6-13-30(14-7-2)27(32)31-19-21(4)25-17-23-20-29(8-3)15-12-28(23,18-26(25)31)22-10-9-11-24(16-22)33-5;/h9-11,16,19,23H,6-8,12-15,17-18,20H2,1-5H3;1H/t23-,28+;/m0./s1. The van der Waals surface area contributed by atoms with E-state index in [9.17, 15) is 4.79 Å². The molecule has 1 fully saturated rings. The molecule has 0 radical (unpaired) electrons. The van der Waals surface area contributed by atoms with Crippen LogP contribution in [0.2, 0.25) is 0 Å². The molecule has 0 N–H and O–H groups in total. The second kappa shape index (κ2) is 11.2. The maximum absolute atomic E-state index is 13.7. The average Bonchev–Trinajstić information content (AvgIpc) is 3.16. The van der Waals surface area contributed by atoms with Gasteiger partial charge in [-0.25, -0.2) is 4.79 Å². The Morgan fingerprint density at radius 3 is 2.59 bits per heavy atom. The average molecular weight is 488 g/mol. The van der Waals surface area contributed by atoms with Crippen molar-refractivity contribution in [2.75, 3.05) is 39.8 Å². The van der Waals surface area contributed by atoms with E-state index >= 15 is 0 Å². The van der Waals surface area contributed by atoms with Gasteiger partial charge in [-0.2, -0.15) is 0 Å². The van der Waals surface area contributed by atoms with Crippen molar-refractivity contribution in [1.29, 1.82) is 0 Å². The van der Waals surface area contributed by atoms with Crippen molar-refractivity contribution in [3.63, 3.8) is 0 Å². The highest BCUT2D eigenvalue weighted by Gasteiger charge is 2.48. The van der Waals surface area contributed by atoms with E-state index in [1.165, 1.54) is 22.4 Å². The molecule has 1 aromatic heterocycles. The van der Waals surface area contributed by atoms with Gasteiger partial charge in [-0.1, -0.05) is 32.9 Å². The zero-order chi connectivity index (χ0) is 23.6. The Bertz CT molecular complexity index is 982. The van der Waals surface area contributed by atoms with Crippen molar-refractivity contribution < 1.29 is 9.53 Å². The van der Waals surface area contributed by atoms with Gasteiger partial charge < -0.3 is 14.5 Å². The van der Waals surface area contributed by atoms with Gasteiger partial charge in [0, 0.05) is 36.9 Å². The lowest BCUT2D eigenvalue weighted by Gasteiger charge is -2.51. The number of likely N-dealkylation sites (tertiary alicyclic amines) is 1. The number of carbonyl (C=O) groups is 1. The van der Waals surface area contributed by atoms with E-state index < -0.39 is 0 Å². The monoisotopic (exact) mass is 487 g/mol. The molecule has 0 unspecified atom stereocenters. The lowest BCUT2D eigenvalue weighted by atomic mass is 9.58. The molecule has 2 aliphatic rings. The van der Waals surface area contributed by atoms with Gasteiger partial charge in [-0.15, -0.1) is 12.4 Å². The van der Waals surface area contributed by atoms with Gasteiger partial charge in [0.2, 0.25) is 0 Å². The molecule has 0 bridgehead atoms. The molecule has 2 atom stereocenters. The van der Waals surface area contributed by atoms with Crippen LogP contribution >= 0.6 is 12.4 Å². The molecule has 1 aliphatic heterocycles. The number of piperidine rings is 1. The zero-order valence-electron chi connectivity index (χ0n) is 21.6. The van der Waals surface area contributed by atoms with Crippen molar-refractivity contribution in [3.8, 4) is 5.75 Å². The van der Waals surface area contributed by atoms with Gasteiger partial charge >= 0.3 is 6.03 Å². The second-order valence-electron chi connectivity index (χ2n) is 9.99. The van der Waals surface area contributed by atoms with Crippen LogP contribution in [0.1, 0.15) is 62.4 Å². The first kappa shape index (κ1) is 26.6. The first-order chi connectivity index (χ1) is 16.0. The highest BCUT2D eigenvalue weighted by Crippen LogP contribution is 2.49. The number of benzene rings is 1. The van der Waals surface area contributed by atoms with E-state index in [0.717, 1.165) is 70.6 Å². The van der Waals surface area contributed by atoms with E-state index in [1.807, 2.05) is 15.5 Å². The predicted molar refractivity (Wildman–Crippen MR) is 142 cm³/mol. The maximum Gasteiger partial charge on any atom is 0.328 e. The summed E-state index contributed by atoms with van der Waals surface area (Å²) < 4.78 is 7.61. The fraction of sp³-hybridized carbons (Fsp3) is 0.607. The van der Waals surface area contributed by atoms with E-state index in [2.05, 4.69) is 57.0 Å². The van der Waals surface area contributed by atoms with Crippen molar-refractivity contribution in [2.24, 2.45) is 5.92 Å². The van der Waals surface area contributed by atoms with Gasteiger partial charge in [0.1, 0.15) is 5.75 Å². The second-order valence-corrected chi connectivity index (χ2v) is 9.99. The Kier molecular flexibility index (Phi) is 8.75. The molecule has 6 heteroatoms. The first-order valence-corrected chi connectivity index (χ1v) is 12.8. The number of aromatic nitrogens is 1. The van der Waals surface area contributed by atoms with Crippen LogP contribution in [0.4, 0.5) is 4.79 Å². The minimum absolute atomic E-state index is 0. The fourth-order valence-corrected chi connectivity index (χ4v) is 6.24. The summed E-state index contributed by atoms with van der Waals surface area (Å²) in [5.74, 6) is 1.46. The Balaban J connectivity index is 0.00000324. The molecular formula is C28H42ClN3O2. The first-order valence-electron chi connectivity index (χ1n) is 12.8. The van der Waals surface area contributed by atoms with Gasteiger partial charge in [0.05, 0.1) is 7.11 Å². The number of fused-ring (bicyclic) bond motifs is 2. The van der Waals surface area contributed by atoms with Crippen molar-refractivity contribution in [2.45, 2.75) is 65.2 Å². The number of methoxy groups -OCH3 is 1. The van der Waals surface area contributed by atoms with Crippen LogP contribution in [0.15, 0.2) is 30.5 Å². The summed E-state index contributed by atoms with van der Waals surface area (Å²) in [4.78, 5) is 18.3. The smallest absolute Gasteiger partial charge is 0.328 e. The Morgan fingerprint density at radius 2 is 1.94 bits per heavy atom. The molecule has 2 heterocycles. The number of ether oxygens (including phenoxy) is 1. The van der Waals surface area contributed by atoms with Crippen LogP contribution in [0.3, 0.4) is 0 Å². The molecular weight excluding hydrogens is 446 g/mol. The summed E-state index contributed by atoms with van der Waals surface area (Å²) in [5, 5.41) is 0. The minimum atomic E-state index is 0. The molecule has 5 nitrogen and oxygen atoms in total. The summed E-state index contributed by atoms with van der Waals surface area (Å²) in [6.45, 7) is 13.7. The van der Waals surface area contributed by atoms with Crippen molar-refractivity contribution in [1.82, 2.24) is 14.4 Å². The SMILES string of the molecule is CCCN(CCC)C(=O)n1cc(C)c2c1C[C@@]1(c3cccc(OC)c3)CCN(CC)C[C@@H]1C2.Cl. The van der Waals surface area contributed by atoms with Gasteiger partial charge in [-0.05, 0) is 86.9 Å². The Labute approximate surface area is 211 Å². The van der Waals surface area contributed by atoms with Gasteiger partial charge in [0.25, 0.3) is 0 Å². The number of rotatable bonds is 7. The summed E-state index contributed by atoms with van der Waals surface area (Å²) in [6, 6.07) is 8.83. The number of aryl methyl sites for hydroxylation is 1. The van der Waals surface area contributed by atoms with Gasteiger partial charge in [-0.3, -0.25) is 4.57 Å². The largest absolute Gasteiger partial charge is 0.497 e. The fourth-order valence-electron chi connectivity index (χ4n) is 6.24. The van der Waals surface area contributed by atoms with E-state index in [4.69, 9.17) is 4.74 Å². The lowest BCUT2D eigenvalue weighted by molar-refractivity contribution is 0.0840. The number of carbonyl (C=O) groups excluding carboxylic acids is 1. The third-order valence-corrected chi connectivity index (χ3v) is 8.06. The molecule has 0 saturated carbocycles. The molecule has 1 aliphatic carbocycles. The number of hydrogen-bond donors (Lipinski definition) is 0. The lowest BCUT2D eigenvalue weighted by Crippen LogP contribution is -2.54. The number of nitrogens with zero attached hydrogens (tertiary/aromatic N) is 3. The van der Waals surface area contributed by atoms with E-state index in [0.29, 0.717) is 5.92 Å². The molecule has 1 amide bonds. The molecule has 188 valence electrons. The Morgan fingerprint density at radius 1 is 1.21 bits per heavy atom. The summed E-state index contributed by atoms with van der Waals surface area (Å²) in [7, 11) is 1.75. The van der Waals surface area contributed by atoms with E-state index in [-0.39, 0.29) is 23.9 Å². The predicted octanol–water partition coefficient (Wildman–Crippen LogP) is 5.70. The minimum Gasteiger partial charge on any atom is -0.497 e. The third-order valence-electron chi connectivity index (χ3n) is 8.06. The van der Waals surface area contributed by atoms with E-state index in [1.54, 1.807) is 7.11 Å². The molecule has 4 rings (SSSR count). The zero-order valence-corrected chi connectivity index (χ0v) is 22.4. The topological polar surface area (TPSA) is 37.7 Å². The van der Waals surface area contributed by atoms with Crippen molar-refractivity contribution in [3.05, 3.63) is 52.8 Å². The quantitative estimate of drug-likeness (QED) is 0.503. The molecule has 34 heavy (non-hydrogen) atoms. The number of hydrogen-bond acceptors (Lipinski definition) is 3. The van der Waals surface area contributed by atoms with Gasteiger partial charge in [0.15, 0.2) is 0 Å². The summed E-state index contributed by atoms with van der Waals surface area (Å²) >= 11 is 0. The molecule has 2 aromatic rings. The Hall–Kier alpha value is -1.98. The van der Waals surface area contributed by atoms with Crippen LogP contribution in [0, 0.1) is 12.8 Å². The molecule has 1 aromatic carbocycles. The van der Waals surface area contributed by atoms with Crippen LogP contribution in [-0.2, 0) is 18.3 Å². The molecule has 1 saturated heterocycles. The highest BCUT2D eigenvalue weighted by atomic mass is 35.5. The number of halogens is 1. The maximum atomic E-state index is 13.7. The highest BCUT2D eigenvalue weighted by molar-refractivity contribution is 5.85.